The molecule has 0 saturated carbocycles. The molecule has 0 heterocycles. The lowest BCUT2D eigenvalue weighted by Crippen LogP contribution is -2.00. The molecule has 2 rings (SSSR count). The molecule has 0 amide bonds. The van der Waals surface area contributed by atoms with Gasteiger partial charge in [-0.1, -0.05) is 48.6 Å². The molecule has 31 heavy (non-hydrogen) atoms. The summed E-state index contributed by atoms with van der Waals surface area (Å²) >= 11 is 0. The van der Waals surface area contributed by atoms with E-state index in [1.807, 2.05) is 32.1 Å². The Morgan fingerprint density at radius 2 is 1.39 bits per heavy atom. The smallest absolute Gasteiger partial charge is 0.335 e. The van der Waals surface area contributed by atoms with E-state index in [0.717, 1.165) is 29.7 Å². The maximum absolute atomic E-state index is 11.0. The van der Waals surface area contributed by atoms with Gasteiger partial charge in [0.2, 0.25) is 0 Å². The van der Waals surface area contributed by atoms with Gasteiger partial charge in [-0.25, -0.2) is 9.59 Å². The summed E-state index contributed by atoms with van der Waals surface area (Å²) in [4.78, 5) is 21.9. The van der Waals surface area contributed by atoms with E-state index in [-0.39, 0.29) is 11.1 Å². The molecule has 6 heteroatoms. The molecule has 2 N–H and O–H groups in total. The lowest BCUT2D eigenvalue weighted by Gasteiger charge is -2.03. The van der Waals surface area contributed by atoms with Crippen molar-refractivity contribution < 1.29 is 19.8 Å². The predicted octanol–water partition coefficient (Wildman–Crippen LogP) is 5.71. The second-order valence-electron chi connectivity index (χ2n) is 6.88. The zero-order valence-electron chi connectivity index (χ0n) is 17.7. The van der Waals surface area contributed by atoms with Gasteiger partial charge in [-0.2, -0.15) is 10.2 Å². The van der Waals surface area contributed by atoms with Crippen LogP contribution in [0.25, 0.3) is 6.08 Å². The highest BCUT2D eigenvalue weighted by Gasteiger charge is 2.04. The van der Waals surface area contributed by atoms with Crippen molar-refractivity contribution in [1.29, 1.82) is 0 Å². The number of carbonyl (C=O) groups is 2. The first kappa shape index (κ1) is 23.5. The molecule has 160 valence electrons. The van der Waals surface area contributed by atoms with Gasteiger partial charge in [0.1, 0.15) is 0 Å². The number of hydrogen-bond donors (Lipinski definition) is 2. The Morgan fingerprint density at radius 1 is 0.839 bits per heavy atom. The number of benzene rings is 2. The first-order valence-electron chi connectivity index (χ1n) is 9.95. The van der Waals surface area contributed by atoms with E-state index < -0.39 is 11.9 Å². The van der Waals surface area contributed by atoms with Crippen molar-refractivity contribution in [3.63, 3.8) is 0 Å². The first-order chi connectivity index (χ1) is 14.9. The van der Waals surface area contributed by atoms with Crippen molar-refractivity contribution in [2.45, 2.75) is 33.1 Å². The molecule has 2 aromatic rings. The van der Waals surface area contributed by atoms with Crippen molar-refractivity contribution in [3.8, 4) is 0 Å². The third-order valence-electron chi connectivity index (χ3n) is 4.55. The van der Waals surface area contributed by atoms with Gasteiger partial charge in [-0.15, -0.1) is 0 Å². The fourth-order valence-electron chi connectivity index (χ4n) is 2.73. The van der Waals surface area contributed by atoms with E-state index in [1.54, 1.807) is 48.5 Å². The van der Waals surface area contributed by atoms with Crippen LogP contribution in [0.1, 0.15) is 65.0 Å². The van der Waals surface area contributed by atoms with E-state index >= 15 is 0 Å². The van der Waals surface area contributed by atoms with Gasteiger partial charge >= 0.3 is 11.9 Å². The van der Waals surface area contributed by atoms with Crippen LogP contribution in [0.5, 0.6) is 0 Å². The van der Waals surface area contributed by atoms with Gasteiger partial charge in [0.05, 0.1) is 16.8 Å². The van der Waals surface area contributed by atoms with E-state index in [9.17, 15) is 9.59 Å². The predicted molar refractivity (Wildman–Crippen MR) is 124 cm³/mol. The third-order valence-corrected chi connectivity index (χ3v) is 4.55. The van der Waals surface area contributed by atoms with Gasteiger partial charge in [0.15, 0.2) is 0 Å². The fraction of sp³-hybridized carbons (Fsp3) is 0.200. The third kappa shape index (κ3) is 7.85. The van der Waals surface area contributed by atoms with Crippen molar-refractivity contribution in [2.24, 2.45) is 10.2 Å². The maximum atomic E-state index is 11.0. The van der Waals surface area contributed by atoms with E-state index in [1.165, 1.54) is 0 Å². The van der Waals surface area contributed by atoms with Crippen LogP contribution in [0.15, 0.2) is 77.0 Å². The molecule has 0 aromatic heterocycles. The van der Waals surface area contributed by atoms with Gasteiger partial charge < -0.3 is 10.2 Å². The molecule has 2 aromatic carbocycles. The molecule has 0 aliphatic carbocycles. The summed E-state index contributed by atoms with van der Waals surface area (Å²) in [6.45, 7) is 3.81. The molecule has 0 radical (unpaired) electrons. The summed E-state index contributed by atoms with van der Waals surface area (Å²) < 4.78 is 0. The van der Waals surface area contributed by atoms with Crippen molar-refractivity contribution in [1.82, 2.24) is 0 Å². The molecule has 0 atom stereocenters. The molecule has 0 saturated heterocycles. The van der Waals surface area contributed by atoms with Crippen molar-refractivity contribution in [3.05, 3.63) is 89.0 Å². The van der Waals surface area contributed by atoms with Gasteiger partial charge in [0.25, 0.3) is 0 Å². The highest BCUT2D eigenvalue weighted by molar-refractivity contribution is 6.00. The van der Waals surface area contributed by atoms with Crippen LogP contribution in [-0.4, -0.2) is 33.6 Å². The largest absolute Gasteiger partial charge is 0.478 e. The molecular formula is C25H26N2O4. The number of hydrogen-bond acceptors (Lipinski definition) is 4. The molecule has 0 aliphatic heterocycles. The lowest BCUT2D eigenvalue weighted by atomic mass is 10.1. The van der Waals surface area contributed by atoms with Crippen molar-refractivity contribution in [2.75, 3.05) is 0 Å². The minimum atomic E-state index is -0.963. The highest BCUT2D eigenvalue weighted by Crippen LogP contribution is 2.10. The first-order valence-corrected chi connectivity index (χ1v) is 9.95. The number of carboxylic acids is 2. The zero-order chi connectivity index (χ0) is 22.6. The molecule has 6 nitrogen and oxygen atoms in total. The minimum Gasteiger partial charge on any atom is -0.478 e. The molecule has 0 spiro atoms. The molecule has 0 aliphatic rings. The number of nitrogens with zero attached hydrogens (tertiary/aromatic N) is 2. The van der Waals surface area contributed by atoms with E-state index in [0.29, 0.717) is 12.1 Å². The minimum absolute atomic E-state index is 0.230. The van der Waals surface area contributed by atoms with Crippen LogP contribution in [0.4, 0.5) is 0 Å². The van der Waals surface area contributed by atoms with Gasteiger partial charge in [-0.3, -0.25) is 0 Å². The van der Waals surface area contributed by atoms with Crippen molar-refractivity contribution >= 4 is 29.4 Å². The Bertz CT molecular complexity index is 1010. The monoisotopic (exact) mass is 418 g/mol. The molecule has 0 bridgehead atoms. The van der Waals surface area contributed by atoms with E-state index in [4.69, 9.17) is 10.2 Å². The summed E-state index contributed by atoms with van der Waals surface area (Å²) in [6.07, 6.45) is 10.2. The Balaban J connectivity index is 2.12. The van der Waals surface area contributed by atoms with Gasteiger partial charge in [-0.05, 0) is 62.1 Å². The summed E-state index contributed by atoms with van der Waals surface area (Å²) in [7, 11) is 0. The normalized spacial score (nSPS) is 12.6. The maximum Gasteiger partial charge on any atom is 0.335 e. The molecule has 0 unspecified atom stereocenters. The van der Waals surface area contributed by atoms with Crippen LogP contribution in [0.2, 0.25) is 0 Å². The highest BCUT2D eigenvalue weighted by atomic mass is 16.4. The van der Waals surface area contributed by atoms with E-state index in [2.05, 4.69) is 16.3 Å². The Kier molecular flexibility index (Phi) is 9.11. The molecular weight excluding hydrogens is 392 g/mol. The number of allylic oxidation sites excluding steroid dienone is 3. The number of aromatic carboxylic acids is 2. The topological polar surface area (TPSA) is 99.3 Å². The number of carboxylic acid groups (broad SMARTS) is 2. The van der Waals surface area contributed by atoms with Crippen LogP contribution in [0, 0.1) is 0 Å². The standard InChI is InChI=1S/C25H26N2O4/c1-3-4-5-8-23(9-6-7-19-10-12-21(13-11-19)24(28)29)27-26-18(2)20-14-16-22(17-15-20)25(30)31/h3-4,6-7,10-17H,5,8-9H2,1-2H3,(H,28,29)(H,30,31)/b4-3-,7-6+,26-18+,27-23+. The second-order valence-corrected chi connectivity index (χ2v) is 6.88. The average Bonchev–Trinajstić information content (AvgIpc) is 2.77. The second kappa shape index (κ2) is 12.0. The summed E-state index contributed by atoms with van der Waals surface area (Å²) in [5.74, 6) is -1.91. The van der Waals surface area contributed by atoms with Gasteiger partial charge in [0, 0.05) is 12.1 Å². The zero-order valence-corrected chi connectivity index (χ0v) is 17.7. The SMILES string of the molecule is C/C=C\CC/C(C/C=C/c1ccc(C(=O)O)cc1)=N\N=C(/C)c1ccc(C(=O)O)cc1. The van der Waals surface area contributed by atoms with Crippen LogP contribution < -0.4 is 0 Å². The van der Waals surface area contributed by atoms with Crippen LogP contribution in [-0.2, 0) is 0 Å². The lowest BCUT2D eigenvalue weighted by molar-refractivity contribution is 0.0686. The van der Waals surface area contributed by atoms with Crippen LogP contribution >= 0.6 is 0 Å². The fourth-order valence-corrected chi connectivity index (χ4v) is 2.73. The summed E-state index contributed by atoms with van der Waals surface area (Å²) in [5, 5.41) is 26.7. The van der Waals surface area contributed by atoms with Crippen LogP contribution in [0.3, 0.4) is 0 Å². The Labute approximate surface area is 182 Å². The molecule has 0 fully saturated rings. The Hall–Kier alpha value is -3.80. The summed E-state index contributed by atoms with van der Waals surface area (Å²) in [5.41, 5.74) is 3.83. The Morgan fingerprint density at radius 3 is 1.94 bits per heavy atom. The average molecular weight is 418 g/mol. The summed E-state index contributed by atoms with van der Waals surface area (Å²) in [6, 6.07) is 13.2. The number of rotatable bonds is 10. The quantitative estimate of drug-likeness (QED) is 0.293.